The Bertz CT molecular complexity index is 447. The Kier molecular flexibility index (Phi) is 14.9. The molecule has 0 aromatic rings. The average molecular weight is 515 g/mol. The van der Waals surface area contributed by atoms with E-state index in [-0.39, 0.29) is 24.0 Å². The fourth-order valence-corrected chi connectivity index (χ4v) is 1.82. The lowest BCUT2D eigenvalue weighted by atomic mass is 10.2. The van der Waals surface area contributed by atoms with Gasteiger partial charge in [0.1, 0.15) is 11.2 Å². The third kappa shape index (κ3) is 19.3. The molecule has 0 atom stereocenters. The first kappa shape index (κ1) is 28.7. The molecule has 9 nitrogen and oxygen atoms in total. The van der Waals surface area contributed by atoms with E-state index in [4.69, 9.17) is 9.47 Å². The summed E-state index contributed by atoms with van der Waals surface area (Å²) in [5, 5.41) is 11.7. The van der Waals surface area contributed by atoms with Crippen LogP contribution in [0.25, 0.3) is 0 Å². The maximum Gasteiger partial charge on any atom is 0.407 e. The number of guanidine groups is 1. The zero-order chi connectivity index (χ0) is 20.9. The molecule has 0 saturated carbocycles. The molecule has 2 amide bonds. The zero-order valence-electron chi connectivity index (χ0n) is 18.2. The molecule has 0 unspecified atom stereocenters. The summed E-state index contributed by atoms with van der Waals surface area (Å²) in [7, 11) is 1.69. The number of nitrogens with one attached hydrogen (secondary N) is 4. The van der Waals surface area contributed by atoms with E-state index in [9.17, 15) is 9.59 Å². The number of ether oxygens (including phenoxy) is 2. The molecule has 0 aliphatic heterocycles. The van der Waals surface area contributed by atoms with E-state index in [2.05, 4.69) is 26.3 Å². The molecule has 0 bridgehead atoms. The highest BCUT2D eigenvalue weighted by Gasteiger charge is 2.16. The summed E-state index contributed by atoms with van der Waals surface area (Å²) < 4.78 is 10.3. The largest absolute Gasteiger partial charge is 0.444 e. The predicted octanol–water partition coefficient (Wildman–Crippen LogP) is 2.60. The van der Waals surface area contributed by atoms with Crippen molar-refractivity contribution in [3.05, 3.63) is 0 Å². The number of aliphatic imine (C=N–C) groups is 1. The van der Waals surface area contributed by atoms with Gasteiger partial charge >= 0.3 is 12.2 Å². The molecule has 0 fully saturated rings. The summed E-state index contributed by atoms with van der Waals surface area (Å²) in [6.07, 6.45) is 0.644. The van der Waals surface area contributed by atoms with E-state index >= 15 is 0 Å². The molecule has 0 aromatic carbocycles. The van der Waals surface area contributed by atoms with Crippen molar-refractivity contribution in [1.29, 1.82) is 0 Å². The first-order valence-corrected chi connectivity index (χ1v) is 9.31. The second-order valence-corrected chi connectivity index (χ2v) is 7.99. The second-order valence-electron chi connectivity index (χ2n) is 7.99. The molecular weight excluding hydrogens is 477 g/mol. The number of carbonyl (C=O) groups is 2. The van der Waals surface area contributed by atoms with Gasteiger partial charge in [-0.1, -0.05) is 0 Å². The average Bonchev–Trinajstić information content (AvgIpc) is 2.48. The Hall–Kier alpha value is -1.46. The molecule has 166 valence electrons. The quantitative estimate of drug-likeness (QED) is 0.171. The zero-order valence-corrected chi connectivity index (χ0v) is 20.6. The first-order valence-electron chi connectivity index (χ1n) is 9.31. The lowest BCUT2D eigenvalue weighted by Gasteiger charge is -2.20. The smallest absolute Gasteiger partial charge is 0.407 e. The highest BCUT2D eigenvalue weighted by Crippen LogP contribution is 2.06. The van der Waals surface area contributed by atoms with Crippen LogP contribution < -0.4 is 21.3 Å². The van der Waals surface area contributed by atoms with Gasteiger partial charge in [-0.3, -0.25) is 4.99 Å². The molecule has 0 saturated heterocycles. The van der Waals surface area contributed by atoms with Crippen LogP contribution in [-0.2, 0) is 9.47 Å². The summed E-state index contributed by atoms with van der Waals surface area (Å²) in [5.41, 5.74) is -0.987. The Morgan fingerprint density at radius 3 is 1.32 bits per heavy atom. The second kappa shape index (κ2) is 14.5. The van der Waals surface area contributed by atoms with Gasteiger partial charge in [-0.2, -0.15) is 0 Å². The number of hydrogen-bond acceptors (Lipinski definition) is 5. The molecule has 0 aromatic heterocycles. The van der Waals surface area contributed by atoms with Gasteiger partial charge in [0.15, 0.2) is 5.96 Å². The monoisotopic (exact) mass is 515 g/mol. The van der Waals surface area contributed by atoms with Crippen LogP contribution in [0.15, 0.2) is 4.99 Å². The summed E-state index contributed by atoms with van der Waals surface area (Å²) >= 11 is 0. The van der Waals surface area contributed by atoms with Crippen molar-refractivity contribution in [2.75, 3.05) is 33.2 Å². The molecule has 0 spiro atoms. The Balaban J connectivity index is 0. The number of amides is 2. The van der Waals surface area contributed by atoms with Crippen molar-refractivity contribution < 1.29 is 19.1 Å². The Morgan fingerprint density at radius 2 is 1.04 bits per heavy atom. The third-order valence-electron chi connectivity index (χ3n) is 2.85. The van der Waals surface area contributed by atoms with Gasteiger partial charge in [-0.15, -0.1) is 24.0 Å². The topological polar surface area (TPSA) is 113 Å². The number of rotatable bonds is 8. The van der Waals surface area contributed by atoms with Crippen molar-refractivity contribution in [3.63, 3.8) is 0 Å². The highest BCUT2D eigenvalue weighted by molar-refractivity contribution is 14.0. The van der Waals surface area contributed by atoms with E-state index in [0.717, 1.165) is 12.8 Å². The van der Waals surface area contributed by atoms with Gasteiger partial charge in [0, 0.05) is 33.2 Å². The maximum absolute atomic E-state index is 11.5. The SMILES string of the molecule is CN=C(NCCCNC(=O)OC(C)(C)C)NCCCNC(=O)OC(C)(C)C.I. The molecule has 0 aliphatic rings. The lowest BCUT2D eigenvalue weighted by molar-refractivity contribution is 0.0516. The molecule has 0 heterocycles. The fraction of sp³-hybridized carbons (Fsp3) is 0.833. The van der Waals surface area contributed by atoms with Gasteiger partial charge in [-0.05, 0) is 54.4 Å². The van der Waals surface area contributed by atoms with Crippen LogP contribution in [0.1, 0.15) is 54.4 Å². The number of hydrogen-bond donors (Lipinski definition) is 4. The number of alkyl carbamates (subject to hydrolysis) is 2. The Labute approximate surface area is 186 Å². The van der Waals surface area contributed by atoms with Crippen LogP contribution >= 0.6 is 24.0 Å². The van der Waals surface area contributed by atoms with Gasteiger partial charge in [0.25, 0.3) is 0 Å². The maximum atomic E-state index is 11.5. The van der Waals surface area contributed by atoms with Gasteiger partial charge in [0.2, 0.25) is 0 Å². The molecule has 0 radical (unpaired) electrons. The predicted molar refractivity (Wildman–Crippen MR) is 122 cm³/mol. The van der Waals surface area contributed by atoms with Gasteiger partial charge in [-0.25, -0.2) is 9.59 Å². The summed E-state index contributed by atoms with van der Waals surface area (Å²) in [4.78, 5) is 27.1. The summed E-state index contributed by atoms with van der Waals surface area (Å²) in [5.74, 6) is 0.671. The summed E-state index contributed by atoms with van der Waals surface area (Å²) in [6.45, 7) is 13.3. The van der Waals surface area contributed by atoms with Crippen molar-refractivity contribution in [3.8, 4) is 0 Å². The van der Waals surface area contributed by atoms with Crippen LogP contribution in [0.3, 0.4) is 0 Å². The number of carbonyl (C=O) groups excluding carboxylic acids is 2. The van der Waals surface area contributed by atoms with E-state index in [1.54, 1.807) is 7.05 Å². The molecule has 4 N–H and O–H groups in total. The fourth-order valence-electron chi connectivity index (χ4n) is 1.82. The van der Waals surface area contributed by atoms with Gasteiger partial charge < -0.3 is 30.7 Å². The van der Waals surface area contributed by atoms with E-state index in [1.807, 2.05) is 41.5 Å². The number of halogens is 1. The van der Waals surface area contributed by atoms with Crippen molar-refractivity contribution >= 4 is 42.1 Å². The van der Waals surface area contributed by atoms with Crippen LogP contribution in [0, 0.1) is 0 Å². The minimum atomic E-state index is -0.493. The lowest BCUT2D eigenvalue weighted by Crippen LogP contribution is -2.40. The van der Waals surface area contributed by atoms with Crippen LogP contribution in [-0.4, -0.2) is 62.6 Å². The van der Waals surface area contributed by atoms with Crippen LogP contribution in [0.2, 0.25) is 0 Å². The normalized spacial score (nSPS) is 10.8. The molecule has 0 rings (SSSR count). The standard InChI is InChI=1S/C18H37N5O4.HI/c1-17(2,3)26-15(24)22-12-8-10-20-14(19-7)21-11-9-13-23-16(25)27-18(4,5)6;/h8-13H2,1-7H3,(H,22,24)(H,23,25)(H2,19,20,21);1H. The highest BCUT2D eigenvalue weighted by atomic mass is 127. The van der Waals surface area contributed by atoms with E-state index in [1.165, 1.54) is 0 Å². The summed E-state index contributed by atoms with van der Waals surface area (Å²) in [6, 6.07) is 0. The molecule has 28 heavy (non-hydrogen) atoms. The van der Waals surface area contributed by atoms with Crippen LogP contribution in [0.5, 0.6) is 0 Å². The minimum absolute atomic E-state index is 0. The molecular formula is C18H38IN5O4. The minimum Gasteiger partial charge on any atom is -0.444 e. The third-order valence-corrected chi connectivity index (χ3v) is 2.85. The first-order chi connectivity index (χ1) is 12.4. The van der Waals surface area contributed by atoms with E-state index < -0.39 is 23.4 Å². The Morgan fingerprint density at radius 1 is 0.714 bits per heavy atom. The van der Waals surface area contributed by atoms with Crippen molar-refractivity contribution in [1.82, 2.24) is 21.3 Å². The number of nitrogens with zero attached hydrogens (tertiary/aromatic N) is 1. The van der Waals surface area contributed by atoms with E-state index in [0.29, 0.717) is 32.1 Å². The molecule has 0 aliphatic carbocycles. The van der Waals surface area contributed by atoms with Gasteiger partial charge in [0.05, 0.1) is 0 Å². The molecule has 10 heteroatoms. The van der Waals surface area contributed by atoms with Crippen molar-refractivity contribution in [2.45, 2.75) is 65.6 Å². The van der Waals surface area contributed by atoms with Crippen molar-refractivity contribution in [2.24, 2.45) is 4.99 Å². The van der Waals surface area contributed by atoms with Crippen LogP contribution in [0.4, 0.5) is 9.59 Å².